The van der Waals surface area contributed by atoms with E-state index >= 15 is 0 Å². The molecule has 0 aromatic carbocycles. The van der Waals surface area contributed by atoms with Crippen molar-refractivity contribution in [3.8, 4) is 0 Å². The molecule has 5 nitrogen and oxygen atoms in total. The standard InChI is InChI=1S/C18H23NO4/c1-17-14(21)6-3-10-9-12-11-4-5-13(20)16(23-17)18(11,15(10)17)7-8-19(12,2)22/h4-6,11-13,16,20-21H,3,7-9H2,1-2H3/t11-,12+,13-,16-,17?,18-,19?/m0/s1. The van der Waals surface area contributed by atoms with E-state index in [1.165, 1.54) is 11.1 Å². The Labute approximate surface area is 135 Å². The number of ether oxygens (including phenoxy) is 1. The highest BCUT2D eigenvalue weighted by atomic mass is 16.6. The van der Waals surface area contributed by atoms with Gasteiger partial charge in [-0.1, -0.05) is 17.7 Å². The van der Waals surface area contributed by atoms with Gasteiger partial charge >= 0.3 is 0 Å². The van der Waals surface area contributed by atoms with Crippen molar-refractivity contribution in [2.75, 3.05) is 13.6 Å². The molecule has 1 spiro atoms. The molecule has 0 radical (unpaired) electrons. The Hall–Kier alpha value is -1.14. The molecule has 5 rings (SSSR count). The van der Waals surface area contributed by atoms with Crippen LogP contribution in [0, 0.1) is 16.5 Å². The van der Waals surface area contributed by atoms with Crippen LogP contribution < -0.4 is 0 Å². The van der Waals surface area contributed by atoms with E-state index in [4.69, 9.17) is 4.74 Å². The largest absolute Gasteiger partial charge is 0.633 e. The van der Waals surface area contributed by atoms with E-state index in [9.17, 15) is 15.4 Å². The molecule has 2 aliphatic heterocycles. The van der Waals surface area contributed by atoms with Crippen molar-refractivity contribution in [1.82, 2.24) is 0 Å². The van der Waals surface area contributed by atoms with Gasteiger partial charge in [0.05, 0.1) is 31.8 Å². The number of aliphatic hydroxyl groups excluding tert-OH is 2. The number of quaternary nitrogens is 1. The lowest BCUT2D eigenvalue weighted by atomic mass is 9.50. The molecule has 2 fully saturated rings. The summed E-state index contributed by atoms with van der Waals surface area (Å²) in [4.78, 5) is 0. The number of likely N-dealkylation sites (tertiary alicyclic amines) is 1. The van der Waals surface area contributed by atoms with Gasteiger partial charge in [0.25, 0.3) is 0 Å². The Bertz CT molecular complexity index is 693. The van der Waals surface area contributed by atoms with Crippen LogP contribution in [0.25, 0.3) is 0 Å². The van der Waals surface area contributed by atoms with Crippen molar-refractivity contribution in [2.24, 2.45) is 11.3 Å². The summed E-state index contributed by atoms with van der Waals surface area (Å²) in [5.74, 6) is 0.341. The van der Waals surface area contributed by atoms with E-state index in [1.54, 1.807) is 13.1 Å². The third-order valence-electron chi connectivity index (χ3n) is 7.16. The van der Waals surface area contributed by atoms with Crippen LogP contribution in [0.1, 0.15) is 26.2 Å². The smallest absolute Gasteiger partial charge is 0.144 e. The first-order chi connectivity index (χ1) is 10.8. The molecule has 3 aliphatic carbocycles. The average Bonchev–Trinajstić information content (AvgIpc) is 2.79. The molecule has 5 aliphatic rings. The molecule has 2 heterocycles. The third kappa shape index (κ3) is 1.40. The molecule has 0 aromatic rings. The van der Waals surface area contributed by atoms with Gasteiger partial charge in [-0.05, 0) is 25.0 Å². The Morgan fingerprint density at radius 2 is 2.17 bits per heavy atom. The van der Waals surface area contributed by atoms with Gasteiger partial charge in [-0.2, -0.15) is 0 Å². The number of hydrogen-bond acceptors (Lipinski definition) is 4. The first kappa shape index (κ1) is 14.2. The molecule has 124 valence electrons. The minimum atomic E-state index is -0.835. The fourth-order valence-electron chi connectivity index (χ4n) is 6.19. The summed E-state index contributed by atoms with van der Waals surface area (Å²) in [5, 5.41) is 34.2. The van der Waals surface area contributed by atoms with Crippen LogP contribution in [0.5, 0.6) is 0 Å². The lowest BCUT2D eigenvalue weighted by molar-refractivity contribution is -0.899. The van der Waals surface area contributed by atoms with Gasteiger partial charge in [-0.15, -0.1) is 0 Å². The Balaban J connectivity index is 1.80. The highest BCUT2D eigenvalue weighted by Crippen LogP contribution is 2.68. The van der Waals surface area contributed by atoms with E-state index < -0.39 is 11.7 Å². The second-order valence-electron chi connectivity index (χ2n) is 8.20. The SMILES string of the molecule is CC12O[C@H]3[C@@H](O)C=C[C@H]4[C@H]5CC(=C1[C@]43CC[N+]5(C)[O-])CC=C2O. The highest BCUT2D eigenvalue weighted by Gasteiger charge is 2.71. The lowest BCUT2D eigenvalue weighted by Crippen LogP contribution is -2.67. The fraction of sp³-hybridized carbons (Fsp3) is 0.667. The van der Waals surface area contributed by atoms with Gasteiger partial charge in [0.2, 0.25) is 0 Å². The van der Waals surface area contributed by atoms with Gasteiger partial charge < -0.3 is 24.8 Å². The zero-order chi connectivity index (χ0) is 16.2. The van der Waals surface area contributed by atoms with Crippen molar-refractivity contribution in [3.63, 3.8) is 0 Å². The summed E-state index contributed by atoms with van der Waals surface area (Å²) >= 11 is 0. The molecule has 2 bridgehead atoms. The Kier molecular flexibility index (Phi) is 2.42. The number of piperidine rings is 1. The summed E-state index contributed by atoms with van der Waals surface area (Å²) in [5.41, 5.74) is 1.25. The van der Waals surface area contributed by atoms with E-state index in [2.05, 4.69) is 0 Å². The molecule has 7 atom stereocenters. The highest BCUT2D eigenvalue weighted by molar-refractivity contribution is 5.51. The van der Waals surface area contributed by atoms with Crippen molar-refractivity contribution >= 4 is 0 Å². The molecule has 0 saturated carbocycles. The normalized spacial score (nSPS) is 56.4. The third-order valence-corrected chi connectivity index (χ3v) is 7.16. The predicted molar refractivity (Wildman–Crippen MR) is 84.1 cm³/mol. The van der Waals surface area contributed by atoms with Crippen molar-refractivity contribution in [2.45, 2.75) is 50.0 Å². The zero-order valence-corrected chi connectivity index (χ0v) is 13.5. The van der Waals surface area contributed by atoms with Crippen LogP contribution in [0.15, 0.2) is 35.1 Å². The molecule has 0 aromatic heterocycles. The monoisotopic (exact) mass is 317 g/mol. The van der Waals surface area contributed by atoms with Crippen LogP contribution in [-0.4, -0.2) is 52.3 Å². The van der Waals surface area contributed by atoms with E-state index in [-0.39, 0.29) is 33.9 Å². The average molecular weight is 317 g/mol. The Morgan fingerprint density at radius 3 is 2.96 bits per heavy atom. The molecule has 5 heteroatoms. The van der Waals surface area contributed by atoms with E-state index in [1.807, 2.05) is 19.1 Å². The van der Waals surface area contributed by atoms with Crippen molar-refractivity contribution in [1.29, 1.82) is 0 Å². The molecule has 2 N–H and O–H groups in total. The van der Waals surface area contributed by atoms with Gasteiger partial charge in [0.1, 0.15) is 11.4 Å². The Morgan fingerprint density at radius 1 is 1.39 bits per heavy atom. The maximum absolute atomic E-state index is 13.0. The summed E-state index contributed by atoms with van der Waals surface area (Å²) in [6.07, 6.45) is 6.77. The molecular formula is C18H23NO4. The van der Waals surface area contributed by atoms with Crippen LogP contribution in [0.2, 0.25) is 0 Å². The van der Waals surface area contributed by atoms with Gasteiger partial charge in [-0.3, -0.25) is 0 Å². The molecule has 2 saturated heterocycles. The summed E-state index contributed by atoms with van der Waals surface area (Å²) in [6.45, 7) is 2.46. The summed E-state index contributed by atoms with van der Waals surface area (Å²) in [7, 11) is 1.78. The lowest BCUT2D eigenvalue weighted by Gasteiger charge is -2.62. The van der Waals surface area contributed by atoms with Gasteiger partial charge in [0, 0.05) is 24.2 Å². The molecular weight excluding hydrogens is 294 g/mol. The second kappa shape index (κ2) is 3.91. The molecule has 23 heavy (non-hydrogen) atoms. The minimum Gasteiger partial charge on any atom is -0.633 e. The van der Waals surface area contributed by atoms with E-state index in [0.29, 0.717) is 19.4 Å². The van der Waals surface area contributed by atoms with Gasteiger partial charge in [-0.25, -0.2) is 0 Å². The molecule has 2 unspecified atom stereocenters. The van der Waals surface area contributed by atoms with Crippen LogP contribution >= 0.6 is 0 Å². The topological polar surface area (TPSA) is 72.8 Å². The number of hydrogen-bond donors (Lipinski definition) is 2. The first-order valence-corrected chi connectivity index (χ1v) is 8.54. The zero-order valence-electron chi connectivity index (χ0n) is 13.5. The quantitative estimate of drug-likeness (QED) is 0.407. The van der Waals surface area contributed by atoms with Crippen LogP contribution in [-0.2, 0) is 4.74 Å². The van der Waals surface area contributed by atoms with Gasteiger partial charge in [0.15, 0.2) is 0 Å². The minimum absolute atomic E-state index is 0.0201. The van der Waals surface area contributed by atoms with E-state index in [0.717, 1.165) is 6.42 Å². The fourth-order valence-corrected chi connectivity index (χ4v) is 6.19. The second-order valence-corrected chi connectivity index (χ2v) is 8.20. The number of hydroxylamine groups is 3. The predicted octanol–water partition coefficient (Wildman–Crippen LogP) is 1.94. The van der Waals surface area contributed by atoms with Crippen molar-refractivity contribution in [3.05, 3.63) is 40.3 Å². The number of nitrogens with zero attached hydrogens (tertiary/aromatic N) is 1. The molecule has 0 amide bonds. The number of aliphatic hydroxyl groups is 2. The maximum Gasteiger partial charge on any atom is 0.144 e. The number of rotatable bonds is 0. The maximum atomic E-state index is 13.0. The summed E-state index contributed by atoms with van der Waals surface area (Å²) in [6, 6.07) is -0.0201. The van der Waals surface area contributed by atoms with Crippen molar-refractivity contribution < 1.29 is 19.6 Å². The van der Waals surface area contributed by atoms with Crippen LogP contribution in [0.4, 0.5) is 0 Å². The first-order valence-electron chi connectivity index (χ1n) is 8.54. The van der Waals surface area contributed by atoms with Crippen LogP contribution in [0.3, 0.4) is 0 Å². The summed E-state index contributed by atoms with van der Waals surface area (Å²) < 4.78 is 6.10. The number of allylic oxidation sites excluding steroid dienone is 1.